The van der Waals surface area contributed by atoms with Crippen molar-refractivity contribution in [2.75, 3.05) is 20.1 Å². The van der Waals surface area contributed by atoms with Gasteiger partial charge in [0.2, 0.25) is 5.91 Å². The average Bonchev–Trinajstić information content (AvgIpc) is 2.43. The maximum Gasteiger partial charge on any atom is 0.227 e. The van der Waals surface area contributed by atoms with E-state index >= 15 is 0 Å². The summed E-state index contributed by atoms with van der Waals surface area (Å²) < 4.78 is 27.1. The molecule has 1 aliphatic rings. The van der Waals surface area contributed by atoms with Crippen LogP contribution in [0.1, 0.15) is 25.3 Å². The summed E-state index contributed by atoms with van der Waals surface area (Å²) in [6, 6.07) is 3.66. The van der Waals surface area contributed by atoms with Crippen molar-refractivity contribution in [2.24, 2.45) is 0 Å². The number of hydrogen-bond acceptors (Lipinski definition) is 2. The fraction of sp³-hybridized carbons (Fsp3) is 0.533. The molecule has 1 aliphatic heterocycles. The Labute approximate surface area is 118 Å². The van der Waals surface area contributed by atoms with E-state index in [-0.39, 0.29) is 23.4 Å². The number of carbonyl (C=O) groups is 1. The molecule has 0 unspecified atom stereocenters. The second-order valence-corrected chi connectivity index (χ2v) is 5.57. The Hall–Kier alpha value is -1.49. The van der Waals surface area contributed by atoms with Crippen molar-refractivity contribution in [1.29, 1.82) is 0 Å². The van der Waals surface area contributed by atoms with Crippen LogP contribution in [0.25, 0.3) is 0 Å². The van der Waals surface area contributed by atoms with Gasteiger partial charge in [0.1, 0.15) is 11.6 Å². The van der Waals surface area contributed by atoms with Gasteiger partial charge >= 0.3 is 0 Å². The van der Waals surface area contributed by atoms with E-state index in [1.807, 2.05) is 7.05 Å². The molecule has 2 rings (SSSR count). The number of nitrogens with one attached hydrogen (secondary N) is 1. The van der Waals surface area contributed by atoms with E-state index < -0.39 is 11.6 Å². The first-order valence-corrected chi connectivity index (χ1v) is 6.85. The minimum Gasteiger partial charge on any atom is -0.342 e. The van der Waals surface area contributed by atoms with Crippen LogP contribution in [0.2, 0.25) is 0 Å². The zero-order chi connectivity index (χ0) is 14.8. The van der Waals surface area contributed by atoms with Crippen LogP contribution < -0.4 is 5.32 Å². The Balaban J connectivity index is 2.00. The Morgan fingerprint density at radius 2 is 1.85 bits per heavy atom. The van der Waals surface area contributed by atoms with Crippen molar-refractivity contribution >= 4 is 5.91 Å². The van der Waals surface area contributed by atoms with E-state index in [0.717, 1.165) is 12.8 Å². The number of piperidine rings is 1. The third-order valence-corrected chi connectivity index (χ3v) is 4.21. The predicted octanol–water partition coefficient (Wildman–Crippen LogP) is 2.11. The molecule has 110 valence electrons. The number of likely N-dealkylation sites (tertiary alicyclic amines) is 1. The van der Waals surface area contributed by atoms with Gasteiger partial charge in [0.05, 0.1) is 6.42 Å². The van der Waals surface area contributed by atoms with Crippen molar-refractivity contribution in [3.05, 3.63) is 35.4 Å². The van der Waals surface area contributed by atoms with Crippen LogP contribution in [0.15, 0.2) is 18.2 Å². The lowest BCUT2D eigenvalue weighted by molar-refractivity contribution is -0.132. The predicted molar refractivity (Wildman–Crippen MR) is 73.3 cm³/mol. The molecule has 0 spiro atoms. The number of nitrogens with zero attached hydrogens (tertiary/aromatic N) is 1. The lowest BCUT2D eigenvalue weighted by Gasteiger charge is -2.39. The van der Waals surface area contributed by atoms with Gasteiger partial charge in [0, 0.05) is 24.2 Å². The van der Waals surface area contributed by atoms with Crippen molar-refractivity contribution in [3.63, 3.8) is 0 Å². The number of amides is 1. The highest BCUT2D eigenvalue weighted by atomic mass is 19.1. The van der Waals surface area contributed by atoms with Crippen molar-refractivity contribution in [2.45, 2.75) is 31.7 Å². The summed E-state index contributed by atoms with van der Waals surface area (Å²) in [5, 5.41) is 3.25. The number of halogens is 2. The van der Waals surface area contributed by atoms with Gasteiger partial charge < -0.3 is 10.2 Å². The molecule has 0 bridgehead atoms. The molecule has 1 heterocycles. The molecular weight excluding hydrogens is 262 g/mol. The van der Waals surface area contributed by atoms with Crippen LogP contribution in [0.4, 0.5) is 8.78 Å². The number of hydrogen-bond donors (Lipinski definition) is 1. The molecule has 0 radical (unpaired) electrons. The average molecular weight is 282 g/mol. The zero-order valence-corrected chi connectivity index (χ0v) is 11.9. The fourth-order valence-electron chi connectivity index (χ4n) is 2.46. The molecule has 1 amide bonds. The van der Waals surface area contributed by atoms with E-state index in [9.17, 15) is 13.6 Å². The highest BCUT2D eigenvalue weighted by Gasteiger charge is 2.30. The fourth-order valence-corrected chi connectivity index (χ4v) is 2.46. The molecule has 3 nitrogen and oxygen atoms in total. The summed E-state index contributed by atoms with van der Waals surface area (Å²) in [5.74, 6) is -1.53. The van der Waals surface area contributed by atoms with Gasteiger partial charge in [-0.3, -0.25) is 4.79 Å². The van der Waals surface area contributed by atoms with Crippen LogP contribution in [-0.2, 0) is 11.2 Å². The number of rotatable bonds is 3. The van der Waals surface area contributed by atoms with Crippen LogP contribution in [-0.4, -0.2) is 36.5 Å². The maximum atomic E-state index is 13.5. The molecule has 1 fully saturated rings. The largest absolute Gasteiger partial charge is 0.342 e. The van der Waals surface area contributed by atoms with E-state index in [1.165, 1.54) is 18.2 Å². The van der Waals surface area contributed by atoms with Gasteiger partial charge in [-0.15, -0.1) is 0 Å². The summed E-state index contributed by atoms with van der Waals surface area (Å²) >= 11 is 0. The smallest absolute Gasteiger partial charge is 0.227 e. The van der Waals surface area contributed by atoms with E-state index in [0.29, 0.717) is 13.1 Å². The van der Waals surface area contributed by atoms with Crippen molar-refractivity contribution < 1.29 is 13.6 Å². The Bertz CT molecular complexity index is 476. The van der Waals surface area contributed by atoms with Crippen molar-refractivity contribution in [3.8, 4) is 0 Å². The monoisotopic (exact) mass is 282 g/mol. The highest BCUT2D eigenvalue weighted by molar-refractivity contribution is 5.79. The summed E-state index contributed by atoms with van der Waals surface area (Å²) in [7, 11) is 1.91. The molecule has 0 saturated carbocycles. The van der Waals surface area contributed by atoms with Crippen LogP contribution in [0.5, 0.6) is 0 Å². The topological polar surface area (TPSA) is 32.3 Å². The number of carbonyl (C=O) groups excluding carboxylic acids is 1. The quantitative estimate of drug-likeness (QED) is 0.921. The van der Waals surface area contributed by atoms with E-state index in [4.69, 9.17) is 0 Å². The highest BCUT2D eigenvalue weighted by Crippen LogP contribution is 2.22. The van der Waals surface area contributed by atoms with Gasteiger partial charge in [-0.2, -0.15) is 0 Å². The third kappa shape index (κ3) is 3.15. The van der Waals surface area contributed by atoms with Crippen molar-refractivity contribution in [1.82, 2.24) is 10.2 Å². The molecule has 1 aromatic carbocycles. The summed E-state index contributed by atoms with van der Waals surface area (Å²) in [6.45, 7) is 3.35. The minimum absolute atomic E-state index is 0.0417. The maximum absolute atomic E-state index is 13.5. The van der Waals surface area contributed by atoms with Gasteiger partial charge in [0.25, 0.3) is 0 Å². The van der Waals surface area contributed by atoms with Gasteiger partial charge in [-0.25, -0.2) is 8.78 Å². The lowest BCUT2D eigenvalue weighted by atomic mass is 9.89. The number of benzene rings is 1. The van der Waals surface area contributed by atoms with Crippen LogP contribution >= 0.6 is 0 Å². The van der Waals surface area contributed by atoms with Gasteiger partial charge in [-0.05, 0) is 38.9 Å². The molecule has 0 aromatic heterocycles. The second kappa shape index (κ2) is 5.87. The molecule has 0 atom stereocenters. The molecule has 1 N–H and O–H groups in total. The molecule has 20 heavy (non-hydrogen) atoms. The van der Waals surface area contributed by atoms with E-state index in [2.05, 4.69) is 12.2 Å². The summed E-state index contributed by atoms with van der Waals surface area (Å²) in [6.07, 6.45) is 1.47. The molecule has 1 aromatic rings. The van der Waals surface area contributed by atoms with Gasteiger partial charge in [-0.1, -0.05) is 6.07 Å². The summed E-state index contributed by atoms with van der Waals surface area (Å²) in [5.41, 5.74) is -0.0977. The summed E-state index contributed by atoms with van der Waals surface area (Å²) in [4.78, 5) is 13.8. The molecule has 5 heteroatoms. The first kappa shape index (κ1) is 14.9. The standard InChI is InChI=1S/C15H20F2N2O/c1-15(18-2)6-8-19(9-7-15)14(20)10-11-12(16)4-3-5-13(11)17/h3-5,18H,6-10H2,1-2H3. The third-order valence-electron chi connectivity index (χ3n) is 4.21. The van der Waals surface area contributed by atoms with E-state index in [1.54, 1.807) is 4.90 Å². The van der Waals surface area contributed by atoms with Crippen LogP contribution in [0.3, 0.4) is 0 Å². The Kier molecular flexibility index (Phi) is 4.38. The normalized spacial score (nSPS) is 18.1. The molecule has 0 aliphatic carbocycles. The first-order chi connectivity index (χ1) is 9.45. The Morgan fingerprint density at radius 1 is 1.30 bits per heavy atom. The second-order valence-electron chi connectivity index (χ2n) is 5.57. The zero-order valence-electron chi connectivity index (χ0n) is 11.9. The molecular formula is C15H20F2N2O. The molecule has 1 saturated heterocycles. The van der Waals surface area contributed by atoms with Crippen LogP contribution in [0, 0.1) is 11.6 Å². The SMILES string of the molecule is CNC1(C)CCN(C(=O)Cc2c(F)cccc2F)CC1. The van der Waals surface area contributed by atoms with Gasteiger partial charge in [0.15, 0.2) is 0 Å². The minimum atomic E-state index is -0.657. The Morgan fingerprint density at radius 3 is 2.35 bits per heavy atom. The lowest BCUT2D eigenvalue weighted by Crippen LogP contribution is -2.51. The first-order valence-electron chi connectivity index (χ1n) is 6.85.